The van der Waals surface area contributed by atoms with Crippen molar-refractivity contribution in [2.24, 2.45) is 5.92 Å². The van der Waals surface area contributed by atoms with E-state index >= 15 is 0 Å². The van der Waals surface area contributed by atoms with Crippen LogP contribution in [-0.2, 0) is 16.1 Å². The fraction of sp³-hybridized carbons (Fsp3) is 0.538. The summed E-state index contributed by atoms with van der Waals surface area (Å²) < 4.78 is 1.36. The summed E-state index contributed by atoms with van der Waals surface area (Å²) in [5.74, 6) is -0.305. The van der Waals surface area contributed by atoms with Crippen molar-refractivity contribution in [1.82, 2.24) is 9.55 Å². The Labute approximate surface area is 210 Å². The van der Waals surface area contributed by atoms with Gasteiger partial charge in [-0.05, 0) is 37.3 Å². The third-order valence-electron chi connectivity index (χ3n) is 7.10. The molecule has 0 atom stereocenters. The van der Waals surface area contributed by atoms with Gasteiger partial charge in [-0.2, -0.15) is 0 Å². The molecule has 194 valence electrons. The zero-order valence-corrected chi connectivity index (χ0v) is 21.3. The predicted molar refractivity (Wildman–Crippen MR) is 141 cm³/mol. The molecule has 0 bridgehead atoms. The second kappa shape index (κ2) is 10.2. The van der Waals surface area contributed by atoms with Crippen molar-refractivity contribution < 1.29 is 9.59 Å². The van der Waals surface area contributed by atoms with Crippen molar-refractivity contribution in [3.63, 3.8) is 0 Å². The van der Waals surface area contributed by atoms with E-state index in [1.165, 1.54) is 4.57 Å². The van der Waals surface area contributed by atoms with E-state index in [2.05, 4.69) is 10.3 Å². The van der Waals surface area contributed by atoms with Gasteiger partial charge in [-0.3, -0.25) is 28.8 Å². The third-order valence-corrected chi connectivity index (χ3v) is 7.10. The zero-order chi connectivity index (χ0) is 26.0. The maximum absolute atomic E-state index is 14.1. The van der Waals surface area contributed by atoms with Crippen LogP contribution >= 0.6 is 0 Å². The Balaban J connectivity index is 1.77. The lowest BCUT2D eigenvalue weighted by Crippen LogP contribution is -2.62. The van der Waals surface area contributed by atoms with E-state index in [4.69, 9.17) is 5.73 Å². The van der Waals surface area contributed by atoms with E-state index in [0.29, 0.717) is 37.3 Å². The van der Waals surface area contributed by atoms with E-state index in [1.54, 1.807) is 15.9 Å². The van der Waals surface area contributed by atoms with Crippen LogP contribution in [-0.4, -0.2) is 40.0 Å². The normalized spacial score (nSPS) is 16.3. The number of rotatable bonds is 8. The van der Waals surface area contributed by atoms with Gasteiger partial charge in [0.2, 0.25) is 5.91 Å². The number of hydrogen-bond donors (Lipinski definition) is 3. The number of nitrogens with one attached hydrogen (secondary N) is 2. The molecule has 1 aromatic carbocycles. The number of nitrogens with zero attached hydrogens (tertiary/aromatic N) is 3. The first kappa shape index (κ1) is 25.5. The highest BCUT2D eigenvalue weighted by Crippen LogP contribution is 2.45. The molecule has 1 spiro atoms. The van der Waals surface area contributed by atoms with E-state index < -0.39 is 16.8 Å². The highest BCUT2D eigenvalue weighted by atomic mass is 16.2. The van der Waals surface area contributed by atoms with E-state index in [0.717, 1.165) is 25.7 Å². The quantitative estimate of drug-likeness (QED) is 0.515. The number of para-hydroxylation sites is 2. The van der Waals surface area contributed by atoms with Crippen molar-refractivity contribution in [3.05, 3.63) is 45.1 Å². The van der Waals surface area contributed by atoms with Gasteiger partial charge in [0, 0.05) is 13.1 Å². The van der Waals surface area contributed by atoms with Gasteiger partial charge in [-0.15, -0.1) is 0 Å². The number of aromatic amines is 1. The number of unbranched alkanes of at least 4 members (excludes halogenated alkanes) is 1. The predicted octanol–water partition coefficient (Wildman–Crippen LogP) is 2.68. The molecule has 10 heteroatoms. The number of nitrogen functional groups attached to an aromatic ring is 1. The summed E-state index contributed by atoms with van der Waals surface area (Å²) in [6.45, 7) is 6.56. The summed E-state index contributed by atoms with van der Waals surface area (Å²) in [4.78, 5) is 58.5. The van der Waals surface area contributed by atoms with Crippen LogP contribution in [0.4, 0.5) is 22.9 Å². The first-order chi connectivity index (χ1) is 17.2. The average molecular weight is 497 g/mol. The maximum Gasteiger partial charge on any atom is 0.330 e. The Morgan fingerprint density at radius 2 is 1.86 bits per heavy atom. The summed E-state index contributed by atoms with van der Waals surface area (Å²) in [7, 11) is 0. The molecule has 0 saturated heterocycles. The van der Waals surface area contributed by atoms with Crippen LogP contribution in [0.25, 0.3) is 0 Å². The van der Waals surface area contributed by atoms with Crippen LogP contribution in [0.2, 0.25) is 0 Å². The molecule has 1 aliphatic carbocycles. The van der Waals surface area contributed by atoms with Crippen molar-refractivity contribution >= 4 is 34.7 Å². The maximum atomic E-state index is 14.1. The van der Waals surface area contributed by atoms with Gasteiger partial charge in [-0.25, -0.2) is 4.79 Å². The standard InChI is InChI=1S/C26H36N6O4/c1-4-5-14-31-22(27)21(23(34)29-25(31)36)30(15-17(2)3)16-20(33)32-19-11-7-6-10-18(19)28-24(35)26(32)12-8-9-13-26/h6-7,10-11,17H,4-5,8-9,12-16,27H2,1-3H3,(H,28,35)(H,29,34,36). The lowest BCUT2D eigenvalue weighted by molar-refractivity contribution is -0.126. The number of fused-ring (bicyclic) bond motifs is 1. The van der Waals surface area contributed by atoms with E-state index in [9.17, 15) is 19.2 Å². The number of anilines is 4. The highest BCUT2D eigenvalue weighted by molar-refractivity contribution is 6.15. The van der Waals surface area contributed by atoms with Gasteiger partial charge in [0.25, 0.3) is 11.5 Å². The second-order valence-electron chi connectivity index (χ2n) is 10.2. The monoisotopic (exact) mass is 496 g/mol. The Morgan fingerprint density at radius 3 is 2.53 bits per heavy atom. The summed E-state index contributed by atoms with van der Waals surface area (Å²) in [6.07, 6.45) is 4.43. The molecule has 1 fully saturated rings. The second-order valence-corrected chi connectivity index (χ2v) is 10.2. The molecular weight excluding hydrogens is 460 g/mol. The first-order valence-corrected chi connectivity index (χ1v) is 12.8. The molecule has 10 nitrogen and oxygen atoms in total. The van der Waals surface area contributed by atoms with E-state index in [-0.39, 0.29) is 35.8 Å². The molecule has 1 aromatic heterocycles. The Bertz CT molecular complexity index is 1260. The van der Waals surface area contributed by atoms with Crippen LogP contribution in [0, 0.1) is 5.92 Å². The molecule has 0 unspecified atom stereocenters. The average Bonchev–Trinajstić information content (AvgIpc) is 3.29. The smallest absolute Gasteiger partial charge is 0.330 e. The summed E-state index contributed by atoms with van der Waals surface area (Å²) in [5.41, 5.74) is 5.62. The van der Waals surface area contributed by atoms with Gasteiger partial charge in [0.1, 0.15) is 17.0 Å². The number of hydrogen-bond acceptors (Lipinski definition) is 6. The van der Waals surface area contributed by atoms with Crippen molar-refractivity contribution in [2.75, 3.05) is 33.9 Å². The summed E-state index contributed by atoms with van der Waals surface area (Å²) in [6, 6.07) is 7.29. The molecule has 2 heterocycles. The van der Waals surface area contributed by atoms with Crippen LogP contribution < -0.4 is 32.1 Å². The van der Waals surface area contributed by atoms with Crippen LogP contribution in [0.15, 0.2) is 33.9 Å². The summed E-state index contributed by atoms with van der Waals surface area (Å²) in [5, 5.41) is 2.99. The minimum Gasteiger partial charge on any atom is -0.383 e. The lowest BCUT2D eigenvalue weighted by Gasteiger charge is -2.45. The molecule has 36 heavy (non-hydrogen) atoms. The fourth-order valence-corrected chi connectivity index (χ4v) is 5.46. The van der Waals surface area contributed by atoms with Crippen molar-refractivity contribution in [3.8, 4) is 0 Å². The van der Waals surface area contributed by atoms with Gasteiger partial charge in [0.15, 0.2) is 0 Å². The van der Waals surface area contributed by atoms with Gasteiger partial charge in [0.05, 0.1) is 17.9 Å². The minimum absolute atomic E-state index is 0.0537. The van der Waals surface area contributed by atoms with Gasteiger partial charge >= 0.3 is 5.69 Å². The molecule has 1 aliphatic heterocycles. The van der Waals surface area contributed by atoms with Gasteiger partial charge in [-0.1, -0.05) is 52.2 Å². The molecule has 2 amide bonds. The Kier molecular flexibility index (Phi) is 7.23. The number of aromatic nitrogens is 2. The van der Waals surface area contributed by atoms with Crippen LogP contribution in [0.3, 0.4) is 0 Å². The SMILES string of the molecule is CCCCn1c(N)c(N(CC(=O)N2c3ccccc3NC(=O)C23CCCC3)CC(C)C)c(=O)[nH]c1=O. The third kappa shape index (κ3) is 4.52. The van der Waals surface area contributed by atoms with Crippen LogP contribution in [0.5, 0.6) is 0 Å². The Morgan fingerprint density at radius 1 is 1.17 bits per heavy atom. The van der Waals surface area contributed by atoms with E-state index in [1.807, 2.05) is 39.0 Å². The first-order valence-electron chi connectivity index (χ1n) is 12.8. The lowest BCUT2D eigenvalue weighted by atomic mass is 9.89. The number of H-pyrrole nitrogens is 1. The molecule has 2 aromatic rings. The highest BCUT2D eigenvalue weighted by Gasteiger charge is 2.52. The Hall–Kier alpha value is -3.56. The summed E-state index contributed by atoms with van der Waals surface area (Å²) >= 11 is 0. The topological polar surface area (TPSA) is 134 Å². The molecule has 0 radical (unpaired) electrons. The minimum atomic E-state index is -0.952. The molecule has 4 N–H and O–H groups in total. The number of carbonyl (C=O) groups excluding carboxylic acids is 2. The molecule has 2 aliphatic rings. The van der Waals surface area contributed by atoms with Crippen molar-refractivity contribution in [2.45, 2.75) is 71.4 Å². The van der Waals surface area contributed by atoms with Gasteiger partial charge < -0.3 is 16.0 Å². The number of carbonyl (C=O) groups is 2. The number of benzene rings is 1. The number of amides is 2. The fourth-order valence-electron chi connectivity index (χ4n) is 5.46. The molecule has 4 rings (SSSR count). The molecular formula is C26H36N6O4. The van der Waals surface area contributed by atoms with Crippen LogP contribution in [0.1, 0.15) is 59.3 Å². The largest absolute Gasteiger partial charge is 0.383 e. The molecule has 1 saturated carbocycles. The number of nitrogens with two attached hydrogens (primary N) is 1. The van der Waals surface area contributed by atoms with Crippen molar-refractivity contribution in [1.29, 1.82) is 0 Å². The zero-order valence-electron chi connectivity index (χ0n) is 21.3.